The largest absolute Gasteiger partial charge is 0.404 e. The maximum absolute atomic E-state index is 12.3. The van der Waals surface area contributed by atoms with Crippen LogP contribution in [0, 0.1) is 6.92 Å². The smallest absolute Gasteiger partial charge is 0.207 e. The van der Waals surface area contributed by atoms with Crippen molar-refractivity contribution in [3.8, 4) is 0 Å². The molecule has 0 unspecified atom stereocenters. The lowest BCUT2D eigenvalue weighted by Gasteiger charge is -2.17. The van der Waals surface area contributed by atoms with E-state index in [2.05, 4.69) is 0 Å². The van der Waals surface area contributed by atoms with Gasteiger partial charge in [-0.15, -0.1) is 0 Å². The molecule has 0 bridgehead atoms. The van der Waals surface area contributed by atoms with E-state index < -0.39 is 22.2 Å². The monoisotopic (exact) mass is 301 g/mol. The van der Waals surface area contributed by atoms with Crippen LogP contribution in [0.3, 0.4) is 0 Å². The van der Waals surface area contributed by atoms with Gasteiger partial charge in [-0.2, -0.15) is 17.9 Å². The molecule has 0 spiro atoms. The molecular weight excluding hydrogens is 291 g/mol. The lowest BCUT2D eigenvalue weighted by Crippen LogP contribution is -2.42. The number of halogens is 4. The van der Waals surface area contributed by atoms with Crippen LogP contribution in [0.15, 0.2) is 23.1 Å². The van der Waals surface area contributed by atoms with Gasteiger partial charge in [0.1, 0.15) is 6.04 Å². The normalized spacial score (nSPS) is 14.6. The third-order valence-electron chi connectivity index (χ3n) is 2.28. The zero-order valence-corrected chi connectivity index (χ0v) is 11.1. The molecule has 1 aromatic carbocycles. The van der Waals surface area contributed by atoms with Crippen molar-refractivity contribution in [2.45, 2.75) is 31.0 Å². The second kappa shape index (κ2) is 5.07. The topological polar surface area (TPSA) is 46.2 Å². The Bertz CT molecular complexity index is 543. The van der Waals surface area contributed by atoms with Gasteiger partial charge < -0.3 is 0 Å². The average molecular weight is 302 g/mol. The summed E-state index contributed by atoms with van der Waals surface area (Å²) in [5.74, 6) is 0. The van der Waals surface area contributed by atoms with Crippen LogP contribution in [0.4, 0.5) is 13.2 Å². The van der Waals surface area contributed by atoms with E-state index >= 15 is 0 Å². The zero-order chi connectivity index (χ0) is 14.1. The van der Waals surface area contributed by atoms with Gasteiger partial charge in [0, 0.05) is 5.02 Å². The minimum absolute atomic E-state index is 0.178. The van der Waals surface area contributed by atoms with Crippen LogP contribution in [0.1, 0.15) is 12.5 Å². The van der Waals surface area contributed by atoms with Crippen LogP contribution < -0.4 is 4.72 Å². The summed E-state index contributed by atoms with van der Waals surface area (Å²) in [5.41, 5.74) is 0.638. The van der Waals surface area contributed by atoms with E-state index in [-0.39, 0.29) is 9.92 Å². The molecular formula is C10H11ClF3NO2S. The SMILES string of the molecule is Cc1ccc(S(=O)(=O)N[C@@H](C)C(F)(F)F)cc1Cl. The summed E-state index contributed by atoms with van der Waals surface area (Å²) >= 11 is 5.73. The number of hydrogen-bond acceptors (Lipinski definition) is 2. The molecule has 0 aliphatic rings. The molecule has 0 amide bonds. The van der Waals surface area contributed by atoms with Crippen molar-refractivity contribution in [2.24, 2.45) is 0 Å². The second-order valence-electron chi connectivity index (χ2n) is 3.80. The Morgan fingerprint density at radius 1 is 1.33 bits per heavy atom. The highest BCUT2D eigenvalue weighted by atomic mass is 35.5. The molecule has 1 rings (SSSR count). The Morgan fingerprint density at radius 3 is 2.33 bits per heavy atom. The second-order valence-corrected chi connectivity index (χ2v) is 5.92. The van der Waals surface area contributed by atoms with E-state index in [1.807, 2.05) is 0 Å². The van der Waals surface area contributed by atoms with Crippen molar-refractivity contribution in [2.75, 3.05) is 0 Å². The molecule has 102 valence electrons. The molecule has 0 saturated carbocycles. The predicted molar refractivity (Wildman–Crippen MR) is 62.0 cm³/mol. The van der Waals surface area contributed by atoms with Crippen molar-refractivity contribution in [1.29, 1.82) is 0 Å². The number of nitrogens with one attached hydrogen (secondary N) is 1. The highest BCUT2D eigenvalue weighted by Gasteiger charge is 2.38. The first-order valence-corrected chi connectivity index (χ1v) is 6.75. The van der Waals surface area contributed by atoms with E-state index in [4.69, 9.17) is 11.6 Å². The number of hydrogen-bond donors (Lipinski definition) is 1. The highest BCUT2D eigenvalue weighted by Crippen LogP contribution is 2.23. The van der Waals surface area contributed by atoms with Crippen molar-refractivity contribution >= 4 is 21.6 Å². The van der Waals surface area contributed by atoms with Crippen molar-refractivity contribution in [3.63, 3.8) is 0 Å². The number of sulfonamides is 1. The van der Waals surface area contributed by atoms with Crippen LogP contribution in [-0.2, 0) is 10.0 Å². The van der Waals surface area contributed by atoms with E-state index in [1.165, 1.54) is 12.1 Å². The van der Waals surface area contributed by atoms with Crippen LogP contribution in [0.25, 0.3) is 0 Å². The van der Waals surface area contributed by atoms with Crippen LogP contribution in [0.2, 0.25) is 5.02 Å². The van der Waals surface area contributed by atoms with E-state index in [0.29, 0.717) is 5.56 Å². The molecule has 0 saturated heterocycles. The molecule has 0 aromatic heterocycles. The van der Waals surface area contributed by atoms with Gasteiger partial charge in [0.2, 0.25) is 10.0 Å². The summed E-state index contributed by atoms with van der Waals surface area (Å²) in [4.78, 5) is -0.297. The van der Waals surface area contributed by atoms with Crippen LogP contribution in [-0.4, -0.2) is 20.6 Å². The fourth-order valence-corrected chi connectivity index (χ4v) is 2.61. The summed E-state index contributed by atoms with van der Waals surface area (Å²) in [6, 6.07) is 1.58. The Balaban J connectivity index is 3.04. The molecule has 1 aromatic rings. The number of alkyl halides is 3. The maximum Gasteiger partial charge on any atom is 0.404 e. The van der Waals surface area contributed by atoms with Gasteiger partial charge in [-0.3, -0.25) is 0 Å². The van der Waals surface area contributed by atoms with Gasteiger partial charge in [-0.25, -0.2) is 8.42 Å². The molecule has 1 atom stereocenters. The van der Waals surface area contributed by atoms with Gasteiger partial charge in [0.25, 0.3) is 0 Å². The van der Waals surface area contributed by atoms with E-state index in [0.717, 1.165) is 13.0 Å². The fraction of sp³-hybridized carbons (Fsp3) is 0.400. The number of rotatable bonds is 3. The molecule has 18 heavy (non-hydrogen) atoms. The minimum atomic E-state index is -4.64. The minimum Gasteiger partial charge on any atom is -0.207 e. The third-order valence-corrected chi connectivity index (χ3v) is 4.22. The number of benzene rings is 1. The first kappa shape index (κ1) is 15.3. The van der Waals surface area contributed by atoms with Crippen molar-refractivity contribution < 1.29 is 21.6 Å². The molecule has 1 N–H and O–H groups in total. The molecule has 0 aliphatic carbocycles. The average Bonchev–Trinajstić information content (AvgIpc) is 2.19. The summed E-state index contributed by atoms with van der Waals surface area (Å²) in [6.45, 7) is 2.39. The quantitative estimate of drug-likeness (QED) is 0.933. The van der Waals surface area contributed by atoms with Gasteiger partial charge in [0.05, 0.1) is 4.90 Å². The molecule has 0 radical (unpaired) electrons. The Labute approximate surface area is 108 Å². The van der Waals surface area contributed by atoms with Gasteiger partial charge in [-0.1, -0.05) is 17.7 Å². The summed E-state index contributed by atoms with van der Waals surface area (Å²) in [7, 11) is -4.24. The third kappa shape index (κ3) is 3.60. The summed E-state index contributed by atoms with van der Waals surface area (Å²) in [6.07, 6.45) is -4.64. The number of aryl methyl sites for hydroxylation is 1. The first-order valence-electron chi connectivity index (χ1n) is 4.89. The highest BCUT2D eigenvalue weighted by molar-refractivity contribution is 7.89. The molecule has 0 aliphatic heterocycles. The lowest BCUT2D eigenvalue weighted by molar-refractivity contribution is -0.147. The van der Waals surface area contributed by atoms with Gasteiger partial charge in [0.15, 0.2) is 0 Å². The standard InChI is InChI=1S/C10H11ClF3NO2S/c1-6-3-4-8(5-9(6)11)18(16,17)15-7(2)10(12,13)14/h3-5,7,15H,1-2H3/t7-/m0/s1. The van der Waals surface area contributed by atoms with Crippen molar-refractivity contribution in [3.05, 3.63) is 28.8 Å². The van der Waals surface area contributed by atoms with E-state index in [9.17, 15) is 21.6 Å². The summed E-state index contributed by atoms with van der Waals surface area (Å²) in [5, 5.41) is 0.178. The zero-order valence-electron chi connectivity index (χ0n) is 9.55. The van der Waals surface area contributed by atoms with E-state index in [1.54, 1.807) is 11.6 Å². The van der Waals surface area contributed by atoms with Crippen LogP contribution in [0.5, 0.6) is 0 Å². The van der Waals surface area contributed by atoms with Crippen LogP contribution >= 0.6 is 11.6 Å². The summed E-state index contributed by atoms with van der Waals surface area (Å²) < 4.78 is 61.8. The fourth-order valence-electron chi connectivity index (χ4n) is 1.11. The molecule has 0 heterocycles. The Morgan fingerprint density at radius 2 is 1.89 bits per heavy atom. The molecule has 3 nitrogen and oxygen atoms in total. The lowest BCUT2D eigenvalue weighted by atomic mass is 10.2. The molecule has 8 heteroatoms. The Kier molecular flexibility index (Phi) is 4.30. The maximum atomic E-state index is 12.3. The van der Waals surface area contributed by atoms with Gasteiger partial charge in [-0.05, 0) is 31.5 Å². The van der Waals surface area contributed by atoms with Crippen molar-refractivity contribution in [1.82, 2.24) is 4.72 Å². The first-order chi connectivity index (χ1) is 8.04. The molecule has 0 fully saturated rings. The predicted octanol–water partition coefficient (Wildman–Crippen LogP) is 2.88. The Hall–Kier alpha value is -0.790. The van der Waals surface area contributed by atoms with Gasteiger partial charge >= 0.3 is 6.18 Å².